The van der Waals surface area contributed by atoms with E-state index in [0.29, 0.717) is 6.54 Å². The molecule has 0 fully saturated rings. The zero-order chi connectivity index (χ0) is 12.7. The van der Waals surface area contributed by atoms with Crippen molar-refractivity contribution in [2.75, 3.05) is 7.11 Å². The van der Waals surface area contributed by atoms with Crippen molar-refractivity contribution >= 4 is 17.3 Å². The minimum atomic E-state index is -0.218. The second-order valence-electron chi connectivity index (χ2n) is 3.98. The molecule has 1 rings (SSSR count). The number of methoxy groups -OCH3 is 1. The quantitative estimate of drug-likeness (QED) is 0.760. The van der Waals surface area contributed by atoms with Gasteiger partial charge in [-0.1, -0.05) is 19.8 Å². The highest BCUT2D eigenvalue weighted by Gasteiger charge is 2.18. The molecule has 1 aromatic heterocycles. The number of aromatic nitrogens is 1. The van der Waals surface area contributed by atoms with E-state index in [0.717, 1.165) is 30.0 Å². The van der Waals surface area contributed by atoms with Gasteiger partial charge in [-0.05, 0) is 13.3 Å². The van der Waals surface area contributed by atoms with Crippen molar-refractivity contribution in [3.63, 3.8) is 0 Å². The molecule has 1 unspecified atom stereocenters. The van der Waals surface area contributed by atoms with Crippen LogP contribution in [-0.2, 0) is 16.1 Å². The zero-order valence-corrected chi connectivity index (χ0v) is 11.5. The molecular formula is C12H20N2O2S. The minimum Gasteiger partial charge on any atom is -0.468 e. The van der Waals surface area contributed by atoms with E-state index >= 15 is 0 Å². The summed E-state index contributed by atoms with van der Waals surface area (Å²) < 4.78 is 4.78. The average Bonchev–Trinajstić information content (AvgIpc) is 2.74. The maximum atomic E-state index is 11.5. The van der Waals surface area contributed by atoms with E-state index in [4.69, 9.17) is 4.74 Å². The van der Waals surface area contributed by atoms with Crippen LogP contribution in [0.3, 0.4) is 0 Å². The molecule has 0 amide bonds. The number of rotatable bonds is 7. The number of aryl methyl sites for hydroxylation is 1. The van der Waals surface area contributed by atoms with Gasteiger partial charge < -0.3 is 4.74 Å². The van der Waals surface area contributed by atoms with Gasteiger partial charge in [0, 0.05) is 17.6 Å². The van der Waals surface area contributed by atoms with E-state index in [1.54, 1.807) is 11.3 Å². The van der Waals surface area contributed by atoms with Crippen LogP contribution in [0.1, 0.15) is 36.9 Å². The largest absolute Gasteiger partial charge is 0.468 e. The lowest BCUT2D eigenvalue weighted by Crippen LogP contribution is -2.37. The summed E-state index contributed by atoms with van der Waals surface area (Å²) in [6, 6.07) is -0.218. The van der Waals surface area contributed by atoms with Crippen LogP contribution in [0.25, 0.3) is 0 Å². The fourth-order valence-corrected chi connectivity index (χ4v) is 2.27. The van der Waals surface area contributed by atoms with Crippen molar-refractivity contribution < 1.29 is 9.53 Å². The Balaban J connectivity index is 2.45. The molecule has 1 N–H and O–H groups in total. The first kappa shape index (κ1) is 14.1. The van der Waals surface area contributed by atoms with E-state index in [2.05, 4.69) is 17.2 Å². The molecule has 1 heterocycles. The zero-order valence-electron chi connectivity index (χ0n) is 10.7. The first-order chi connectivity index (χ1) is 8.17. The number of hydrogen-bond acceptors (Lipinski definition) is 5. The van der Waals surface area contributed by atoms with Gasteiger partial charge >= 0.3 is 5.97 Å². The molecule has 4 nitrogen and oxygen atoms in total. The molecule has 0 aromatic carbocycles. The van der Waals surface area contributed by atoms with Gasteiger partial charge in [-0.25, -0.2) is 4.98 Å². The van der Waals surface area contributed by atoms with Gasteiger partial charge in [0.15, 0.2) is 0 Å². The Morgan fingerprint density at radius 3 is 2.94 bits per heavy atom. The molecule has 0 aliphatic carbocycles. The Kier molecular flexibility index (Phi) is 6.15. The van der Waals surface area contributed by atoms with Gasteiger partial charge in [0.1, 0.15) is 11.0 Å². The Labute approximate surface area is 106 Å². The lowest BCUT2D eigenvalue weighted by Gasteiger charge is -2.15. The number of nitrogens with one attached hydrogen (secondary N) is 1. The van der Waals surface area contributed by atoms with Crippen LogP contribution in [0.2, 0.25) is 0 Å². The van der Waals surface area contributed by atoms with E-state index in [1.807, 2.05) is 12.3 Å². The number of carbonyl (C=O) groups excluding carboxylic acids is 1. The normalized spacial score (nSPS) is 12.4. The molecule has 0 aliphatic heterocycles. The monoisotopic (exact) mass is 256 g/mol. The molecule has 0 bridgehead atoms. The predicted molar refractivity (Wildman–Crippen MR) is 69.0 cm³/mol. The van der Waals surface area contributed by atoms with Crippen LogP contribution in [-0.4, -0.2) is 24.1 Å². The van der Waals surface area contributed by atoms with E-state index in [9.17, 15) is 4.79 Å². The molecule has 0 saturated heterocycles. The Morgan fingerprint density at radius 2 is 2.41 bits per heavy atom. The number of hydrogen-bond donors (Lipinski definition) is 1. The molecule has 1 atom stereocenters. The summed E-state index contributed by atoms with van der Waals surface area (Å²) in [5.74, 6) is -0.188. The van der Waals surface area contributed by atoms with Crippen molar-refractivity contribution in [1.82, 2.24) is 10.3 Å². The van der Waals surface area contributed by atoms with Gasteiger partial charge in [0.05, 0.1) is 7.11 Å². The number of thiazole rings is 1. The molecule has 1 aromatic rings. The summed E-state index contributed by atoms with van der Waals surface area (Å²) in [6.07, 6.45) is 2.91. The maximum Gasteiger partial charge on any atom is 0.322 e. The fourth-order valence-electron chi connectivity index (χ4n) is 1.55. The lowest BCUT2D eigenvalue weighted by molar-refractivity contribution is -0.143. The van der Waals surface area contributed by atoms with Gasteiger partial charge in [0.2, 0.25) is 0 Å². The predicted octanol–water partition coefficient (Wildman–Crippen LogP) is 2.27. The summed E-state index contributed by atoms with van der Waals surface area (Å²) in [5.41, 5.74) is 1.02. The molecule has 0 saturated carbocycles. The first-order valence-electron chi connectivity index (χ1n) is 5.89. The number of unbranched alkanes of at least 4 members (excludes halogenated alkanes) is 1. The number of carbonyl (C=O) groups is 1. The van der Waals surface area contributed by atoms with Crippen LogP contribution < -0.4 is 5.32 Å². The summed E-state index contributed by atoms with van der Waals surface area (Å²) >= 11 is 1.61. The molecule has 17 heavy (non-hydrogen) atoms. The summed E-state index contributed by atoms with van der Waals surface area (Å²) in [5, 5.41) is 6.23. The Hall–Kier alpha value is -0.940. The minimum absolute atomic E-state index is 0.188. The third-order valence-electron chi connectivity index (χ3n) is 2.50. The number of ether oxygens (including phenoxy) is 1. The van der Waals surface area contributed by atoms with Crippen molar-refractivity contribution in [3.8, 4) is 0 Å². The third-order valence-corrected chi connectivity index (χ3v) is 3.46. The summed E-state index contributed by atoms with van der Waals surface area (Å²) in [4.78, 5) is 15.9. The highest BCUT2D eigenvalue weighted by molar-refractivity contribution is 7.09. The lowest BCUT2D eigenvalue weighted by atomic mass is 10.1. The van der Waals surface area contributed by atoms with Crippen molar-refractivity contribution in [2.45, 2.75) is 45.7 Å². The molecule has 0 aliphatic rings. The molecular weight excluding hydrogens is 236 g/mol. The first-order valence-corrected chi connectivity index (χ1v) is 6.77. The van der Waals surface area contributed by atoms with Crippen molar-refractivity contribution in [2.24, 2.45) is 0 Å². The topological polar surface area (TPSA) is 51.2 Å². The number of esters is 1. The summed E-state index contributed by atoms with van der Waals surface area (Å²) in [6.45, 7) is 4.70. The van der Waals surface area contributed by atoms with Gasteiger partial charge in [-0.15, -0.1) is 11.3 Å². The van der Waals surface area contributed by atoms with Gasteiger partial charge in [-0.3, -0.25) is 10.1 Å². The van der Waals surface area contributed by atoms with Crippen molar-refractivity contribution in [1.29, 1.82) is 0 Å². The standard InChI is InChI=1S/C12H20N2O2S/c1-4-5-6-10(12(15)16-3)13-7-11-14-9(2)8-17-11/h8,10,13H,4-7H2,1-3H3. The SMILES string of the molecule is CCCCC(NCc1nc(C)cs1)C(=O)OC. The second-order valence-corrected chi connectivity index (χ2v) is 4.92. The Bertz CT molecular complexity index is 352. The van der Waals surface area contributed by atoms with Crippen LogP contribution in [0.5, 0.6) is 0 Å². The molecule has 96 valence electrons. The van der Waals surface area contributed by atoms with Crippen molar-refractivity contribution in [3.05, 3.63) is 16.1 Å². The highest BCUT2D eigenvalue weighted by Crippen LogP contribution is 2.09. The Morgan fingerprint density at radius 1 is 1.65 bits per heavy atom. The fraction of sp³-hybridized carbons (Fsp3) is 0.667. The van der Waals surface area contributed by atoms with E-state index < -0.39 is 0 Å². The second kappa shape index (κ2) is 7.40. The molecule has 5 heteroatoms. The third kappa shape index (κ3) is 4.83. The van der Waals surface area contributed by atoms with Gasteiger partial charge in [0.25, 0.3) is 0 Å². The van der Waals surface area contributed by atoms with E-state index in [1.165, 1.54) is 7.11 Å². The highest BCUT2D eigenvalue weighted by atomic mass is 32.1. The van der Waals surface area contributed by atoms with Crippen LogP contribution >= 0.6 is 11.3 Å². The van der Waals surface area contributed by atoms with Crippen LogP contribution in [0.15, 0.2) is 5.38 Å². The smallest absolute Gasteiger partial charge is 0.322 e. The average molecular weight is 256 g/mol. The van der Waals surface area contributed by atoms with E-state index in [-0.39, 0.29) is 12.0 Å². The summed E-state index contributed by atoms with van der Waals surface area (Å²) in [7, 11) is 1.43. The van der Waals surface area contributed by atoms with Crippen LogP contribution in [0, 0.1) is 6.92 Å². The maximum absolute atomic E-state index is 11.5. The molecule has 0 spiro atoms. The molecule has 0 radical (unpaired) electrons. The van der Waals surface area contributed by atoms with Gasteiger partial charge in [-0.2, -0.15) is 0 Å². The number of nitrogens with zero attached hydrogens (tertiary/aromatic N) is 1. The van der Waals surface area contributed by atoms with Crippen LogP contribution in [0.4, 0.5) is 0 Å².